The first-order chi connectivity index (χ1) is 9.54. The zero-order valence-corrected chi connectivity index (χ0v) is 12.5. The molecule has 0 radical (unpaired) electrons. The zero-order chi connectivity index (χ0) is 14.7. The Morgan fingerprint density at radius 3 is 2.75 bits per heavy atom. The van der Waals surface area contributed by atoms with Crippen LogP contribution >= 0.6 is 24.0 Å². The minimum atomic E-state index is -0.521. The van der Waals surface area contributed by atoms with Crippen LogP contribution in [0.15, 0.2) is 35.5 Å². The molecule has 0 spiro atoms. The predicted molar refractivity (Wildman–Crippen MR) is 84.4 cm³/mol. The van der Waals surface area contributed by atoms with E-state index >= 15 is 0 Å². The molecule has 0 aliphatic carbocycles. The molecule has 4 N–H and O–H groups in total. The highest BCUT2D eigenvalue weighted by Crippen LogP contribution is 2.27. The maximum atomic E-state index is 11.1. The number of carbonyl (C=O) groups excluding carboxylic acids is 1. The summed E-state index contributed by atoms with van der Waals surface area (Å²) in [6, 6.07) is 5.72. The summed E-state index contributed by atoms with van der Waals surface area (Å²) in [6.45, 7) is 2.06. The number of thioether (sulfide) groups is 1. The van der Waals surface area contributed by atoms with Crippen LogP contribution in [0.2, 0.25) is 0 Å². The van der Waals surface area contributed by atoms with Crippen LogP contribution in [-0.4, -0.2) is 26.4 Å². The van der Waals surface area contributed by atoms with Gasteiger partial charge in [-0.05, 0) is 17.9 Å². The second kappa shape index (κ2) is 6.06. The summed E-state index contributed by atoms with van der Waals surface area (Å²) in [5, 5.41) is 4.14. The Morgan fingerprint density at radius 1 is 1.45 bits per heavy atom. The van der Waals surface area contributed by atoms with Crippen LogP contribution in [0.3, 0.4) is 0 Å². The second-order valence-corrected chi connectivity index (χ2v) is 5.73. The largest absolute Gasteiger partial charge is 0.389 e. The molecule has 1 heterocycles. The van der Waals surface area contributed by atoms with Crippen LogP contribution in [0.5, 0.6) is 0 Å². The van der Waals surface area contributed by atoms with Gasteiger partial charge in [0.25, 0.3) is 5.91 Å². The molecule has 5 nitrogen and oxygen atoms in total. The number of thiocarbonyl (C=S) groups is 1. The van der Waals surface area contributed by atoms with E-state index in [4.69, 9.17) is 23.7 Å². The summed E-state index contributed by atoms with van der Waals surface area (Å²) in [5.74, 6) is 0.386. The molecule has 2 aromatic rings. The Bertz CT molecular complexity index is 666. The number of nitrogens with two attached hydrogens (primary N) is 2. The lowest BCUT2D eigenvalue weighted by Crippen LogP contribution is -2.15. The number of rotatable bonds is 5. The molecule has 0 aliphatic heterocycles. The molecular weight excluding hydrogens is 292 g/mol. The predicted octanol–water partition coefficient (Wildman–Crippen LogP) is 1.72. The van der Waals surface area contributed by atoms with Crippen LogP contribution in [0.1, 0.15) is 22.8 Å². The average Bonchev–Trinajstić information content (AvgIpc) is 2.88. The Morgan fingerprint density at radius 2 is 2.20 bits per heavy atom. The molecule has 1 amide bonds. The van der Waals surface area contributed by atoms with Crippen molar-refractivity contribution in [3.05, 3.63) is 41.7 Å². The summed E-state index contributed by atoms with van der Waals surface area (Å²) in [7, 11) is 0. The number of aromatic nitrogens is 2. The van der Waals surface area contributed by atoms with Gasteiger partial charge in [0.1, 0.15) is 4.99 Å². The SMILES string of the molecule is CCSc1cccc(-n2cc(C(N)=O)cn2)c1C(N)=S. The van der Waals surface area contributed by atoms with Crippen LogP contribution < -0.4 is 11.5 Å². The van der Waals surface area contributed by atoms with E-state index in [1.165, 1.54) is 6.20 Å². The number of carbonyl (C=O) groups is 1. The molecule has 0 unspecified atom stereocenters. The van der Waals surface area contributed by atoms with E-state index in [-0.39, 0.29) is 0 Å². The molecule has 0 aliphatic rings. The maximum Gasteiger partial charge on any atom is 0.251 e. The normalized spacial score (nSPS) is 10.4. The van der Waals surface area contributed by atoms with Crippen molar-refractivity contribution in [3.63, 3.8) is 0 Å². The Hall–Kier alpha value is -1.86. The average molecular weight is 306 g/mol. The van der Waals surface area contributed by atoms with Gasteiger partial charge in [-0.15, -0.1) is 11.8 Å². The van der Waals surface area contributed by atoms with Crippen LogP contribution in [0, 0.1) is 0 Å². The standard InChI is InChI=1S/C13H14N4OS2/c1-2-20-10-5-3-4-9(11(10)13(15)19)17-7-8(6-16-17)12(14)18/h3-7H,2H2,1H3,(H2,14,18)(H2,15,19). The van der Waals surface area contributed by atoms with E-state index in [0.29, 0.717) is 10.6 Å². The number of benzene rings is 1. The molecule has 0 saturated heterocycles. The molecule has 1 aromatic heterocycles. The van der Waals surface area contributed by atoms with Crippen molar-refractivity contribution in [1.82, 2.24) is 9.78 Å². The van der Waals surface area contributed by atoms with Crippen LogP contribution in [-0.2, 0) is 0 Å². The van der Waals surface area contributed by atoms with Crippen molar-refractivity contribution in [2.45, 2.75) is 11.8 Å². The first-order valence-corrected chi connectivity index (χ1v) is 7.34. The molecule has 20 heavy (non-hydrogen) atoms. The van der Waals surface area contributed by atoms with Crippen molar-refractivity contribution in [3.8, 4) is 5.69 Å². The van der Waals surface area contributed by atoms with E-state index < -0.39 is 5.91 Å². The minimum Gasteiger partial charge on any atom is -0.389 e. The van der Waals surface area contributed by atoms with E-state index in [1.54, 1.807) is 22.6 Å². The van der Waals surface area contributed by atoms with Gasteiger partial charge in [0.05, 0.1) is 17.4 Å². The van der Waals surface area contributed by atoms with E-state index in [2.05, 4.69) is 12.0 Å². The van der Waals surface area contributed by atoms with Crippen molar-refractivity contribution < 1.29 is 4.79 Å². The van der Waals surface area contributed by atoms with E-state index in [1.807, 2.05) is 18.2 Å². The number of hydrogen-bond donors (Lipinski definition) is 2. The van der Waals surface area contributed by atoms with Gasteiger partial charge in [-0.25, -0.2) is 4.68 Å². The van der Waals surface area contributed by atoms with Gasteiger partial charge in [-0.1, -0.05) is 25.2 Å². The van der Waals surface area contributed by atoms with Crippen LogP contribution in [0.25, 0.3) is 5.69 Å². The fourth-order valence-electron chi connectivity index (χ4n) is 1.82. The van der Waals surface area contributed by atoms with Gasteiger partial charge >= 0.3 is 0 Å². The first kappa shape index (κ1) is 14.5. The lowest BCUT2D eigenvalue weighted by Gasteiger charge is -2.12. The second-order valence-electron chi connectivity index (χ2n) is 3.99. The summed E-state index contributed by atoms with van der Waals surface area (Å²) in [4.78, 5) is 12.4. The molecule has 1 aromatic carbocycles. The van der Waals surface area contributed by atoms with Gasteiger partial charge in [0.2, 0.25) is 0 Å². The molecule has 0 fully saturated rings. The summed E-state index contributed by atoms with van der Waals surface area (Å²) < 4.78 is 1.56. The highest BCUT2D eigenvalue weighted by molar-refractivity contribution is 7.99. The number of primary amides is 1. The van der Waals surface area contributed by atoms with Crippen molar-refractivity contribution >= 4 is 34.9 Å². The summed E-state index contributed by atoms with van der Waals surface area (Å²) in [6.07, 6.45) is 2.99. The third kappa shape index (κ3) is 2.83. The molecule has 0 bridgehead atoms. The smallest absolute Gasteiger partial charge is 0.251 e. The minimum absolute atomic E-state index is 0.299. The van der Waals surface area contributed by atoms with Gasteiger partial charge in [0.15, 0.2) is 0 Å². The van der Waals surface area contributed by atoms with Crippen molar-refractivity contribution in [2.24, 2.45) is 11.5 Å². The highest BCUT2D eigenvalue weighted by atomic mass is 32.2. The summed E-state index contributed by atoms with van der Waals surface area (Å²) >= 11 is 6.79. The number of nitrogens with zero attached hydrogens (tertiary/aromatic N) is 2. The lowest BCUT2D eigenvalue weighted by molar-refractivity contribution is 0.100. The van der Waals surface area contributed by atoms with Gasteiger partial charge < -0.3 is 11.5 Å². The topological polar surface area (TPSA) is 86.9 Å². The molecule has 7 heteroatoms. The summed E-state index contributed by atoms with van der Waals surface area (Å²) in [5.41, 5.74) is 12.9. The maximum absolute atomic E-state index is 11.1. The van der Waals surface area contributed by atoms with Crippen LogP contribution in [0.4, 0.5) is 0 Å². The number of amides is 1. The number of hydrogen-bond acceptors (Lipinski definition) is 4. The molecular formula is C13H14N4OS2. The first-order valence-electron chi connectivity index (χ1n) is 5.95. The van der Waals surface area contributed by atoms with Gasteiger partial charge in [-0.2, -0.15) is 5.10 Å². The van der Waals surface area contributed by atoms with E-state index in [9.17, 15) is 4.79 Å². The third-order valence-corrected chi connectivity index (χ3v) is 3.81. The fourth-order valence-corrected chi connectivity index (χ4v) is 2.94. The lowest BCUT2D eigenvalue weighted by atomic mass is 10.1. The molecule has 2 rings (SSSR count). The fraction of sp³-hybridized carbons (Fsp3) is 0.154. The highest BCUT2D eigenvalue weighted by Gasteiger charge is 2.14. The quantitative estimate of drug-likeness (QED) is 0.649. The Labute approximate surface area is 126 Å². The Kier molecular flexibility index (Phi) is 4.41. The molecule has 0 saturated carbocycles. The monoisotopic (exact) mass is 306 g/mol. The zero-order valence-electron chi connectivity index (χ0n) is 10.9. The van der Waals surface area contributed by atoms with Gasteiger partial charge in [-0.3, -0.25) is 4.79 Å². The Balaban J connectivity index is 2.57. The molecule has 104 valence electrons. The van der Waals surface area contributed by atoms with Crippen molar-refractivity contribution in [1.29, 1.82) is 0 Å². The van der Waals surface area contributed by atoms with Crippen molar-refractivity contribution in [2.75, 3.05) is 5.75 Å². The van der Waals surface area contributed by atoms with Gasteiger partial charge in [0, 0.05) is 16.7 Å². The third-order valence-electron chi connectivity index (χ3n) is 2.66. The van der Waals surface area contributed by atoms with E-state index in [0.717, 1.165) is 21.9 Å². The molecule has 0 atom stereocenters.